The maximum atomic E-state index is 4.67. The summed E-state index contributed by atoms with van der Waals surface area (Å²) in [6.45, 7) is 0. The second-order valence-electron chi connectivity index (χ2n) is 2.73. The Morgan fingerprint density at radius 2 is 1.00 bits per heavy atom. The van der Waals surface area contributed by atoms with Crippen LogP contribution in [0.5, 0.6) is 0 Å². The zero-order valence-corrected chi connectivity index (χ0v) is 7.96. The Kier molecular flexibility index (Phi) is 9.13. The molecule has 0 aromatic carbocycles. The molecule has 8 heavy (non-hydrogen) atoms. The molecule has 0 heterocycles. The van der Waals surface area contributed by atoms with Crippen LogP contribution >= 0.6 is 20.2 Å². The summed E-state index contributed by atoms with van der Waals surface area (Å²) in [5.74, 6) is 0. The number of rotatable bonds is 0. The molecule has 0 aliphatic rings. The van der Waals surface area contributed by atoms with Gasteiger partial charge in [0.05, 0.1) is 28.2 Å². The molecular weight excluding hydrogens is 197 g/mol. The van der Waals surface area contributed by atoms with Crippen LogP contribution in [0.1, 0.15) is 0 Å². The van der Waals surface area contributed by atoms with Crippen molar-refractivity contribution in [3.05, 3.63) is 0 Å². The van der Waals surface area contributed by atoms with Crippen LogP contribution in [0.2, 0.25) is 0 Å². The van der Waals surface area contributed by atoms with Crippen LogP contribution in [0.4, 0.5) is 0 Å². The van der Waals surface area contributed by atoms with Gasteiger partial charge in [-0.2, -0.15) is 0 Å². The molecule has 0 rings (SSSR count). The van der Waals surface area contributed by atoms with E-state index in [0.717, 1.165) is 17.6 Å². The second kappa shape index (κ2) is 6.18. The molecule has 0 fully saturated rings. The van der Waals surface area contributed by atoms with Crippen molar-refractivity contribution in [2.24, 2.45) is 0 Å². The van der Waals surface area contributed by atoms with Crippen molar-refractivity contribution in [1.29, 1.82) is 0 Å². The van der Waals surface area contributed by atoms with Gasteiger partial charge in [-0.05, 0) is 0 Å². The molecule has 1 nitrogen and oxygen atoms in total. The van der Waals surface area contributed by atoms with Crippen LogP contribution in [0.25, 0.3) is 0 Å². The topological polar surface area (TPSA) is 0 Å². The number of halogens is 2. The molecular formula is C4H12Cl2CuN+. The normalized spacial score (nSPS) is 10.2. The molecule has 0 aromatic rings. The third kappa shape index (κ3) is 231. The Morgan fingerprint density at radius 1 is 1.00 bits per heavy atom. The van der Waals surface area contributed by atoms with Gasteiger partial charge in [-0.3, -0.25) is 0 Å². The minimum atomic E-state index is 0.757. The first kappa shape index (κ1) is 11.8. The van der Waals surface area contributed by atoms with Gasteiger partial charge >= 0.3 is 33.3 Å². The Hall–Kier alpha value is 1.06. The number of hydrogen-bond donors (Lipinski definition) is 0. The second-order valence-corrected chi connectivity index (χ2v) is 4.28. The first-order chi connectivity index (χ1) is 3.41. The Bertz CT molecular complexity index is 37.8. The monoisotopic (exact) mass is 207 g/mol. The van der Waals surface area contributed by atoms with E-state index in [4.69, 9.17) is 0 Å². The van der Waals surface area contributed by atoms with Crippen LogP contribution in [0, 0.1) is 0 Å². The molecule has 0 unspecified atom stereocenters. The van der Waals surface area contributed by atoms with Gasteiger partial charge in [-0.25, -0.2) is 0 Å². The molecule has 0 radical (unpaired) electrons. The van der Waals surface area contributed by atoms with Crippen LogP contribution in [0.3, 0.4) is 0 Å². The number of quaternary nitrogens is 1. The number of hydrogen-bond acceptors (Lipinski definition) is 0. The van der Waals surface area contributed by atoms with Gasteiger partial charge in [-0.15, -0.1) is 0 Å². The fraction of sp³-hybridized carbons (Fsp3) is 1.00. The van der Waals surface area contributed by atoms with Gasteiger partial charge in [0, 0.05) is 0 Å². The van der Waals surface area contributed by atoms with E-state index in [1.807, 2.05) is 0 Å². The van der Waals surface area contributed by atoms with Crippen LogP contribution in [0.15, 0.2) is 0 Å². The van der Waals surface area contributed by atoms with Crippen molar-refractivity contribution >= 4 is 20.2 Å². The van der Waals surface area contributed by atoms with Crippen LogP contribution in [-0.2, 0) is 13.1 Å². The van der Waals surface area contributed by atoms with E-state index in [0.29, 0.717) is 0 Å². The molecule has 0 N–H and O–H groups in total. The Labute approximate surface area is 66.2 Å². The summed E-state index contributed by atoms with van der Waals surface area (Å²) < 4.78 is 1.00. The fourth-order valence-electron chi connectivity index (χ4n) is 0. The van der Waals surface area contributed by atoms with Crippen molar-refractivity contribution in [2.75, 3.05) is 28.2 Å². The summed E-state index contributed by atoms with van der Waals surface area (Å²) in [5.41, 5.74) is 0. The van der Waals surface area contributed by atoms with E-state index in [9.17, 15) is 0 Å². The maximum absolute atomic E-state index is 4.67. The van der Waals surface area contributed by atoms with E-state index in [1.165, 1.54) is 0 Å². The van der Waals surface area contributed by atoms with Crippen molar-refractivity contribution in [3.8, 4) is 0 Å². The molecule has 4 heteroatoms. The van der Waals surface area contributed by atoms with Crippen molar-refractivity contribution in [1.82, 2.24) is 0 Å². The van der Waals surface area contributed by atoms with E-state index in [2.05, 4.69) is 48.4 Å². The standard InChI is InChI=1S/C4H12N.2ClH.Cu/c1-5(2,3)4;;;/h1-4H3;2*1H;/q+1;;;+2/p-2. The fourth-order valence-corrected chi connectivity index (χ4v) is 0. The third-order valence-electron chi connectivity index (χ3n) is 0. The first-order valence-electron chi connectivity index (χ1n) is 2.02. The molecule has 0 bridgehead atoms. The third-order valence-corrected chi connectivity index (χ3v) is 0. The van der Waals surface area contributed by atoms with Crippen molar-refractivity contribution in [2.45, 2.75) is 0 Å². The van der Waals surface area contributed by atoms with Crippen LogP contribution < -0.4 is 0 Å². The number of nitrogens with zero attached hydrogens (tertiary/aromatic N) is 1. The molecule has 0 aliphatic carbocycles. The minimum absolute atomic E-state index is 0.757. The molecule has 0 amide bonds. The summed E-state index contributed by atoms with van der Waals surface area (Å²) >= 11 is 0.757. The molecule has 0 saturated carbocycles. The van der Waals surface area contributed by atoms with Gasteiger partial charge in [0.2, 0.25) is 0 Å². The Morgan fingerprint density at radius 3 is 1.00 bits per heavy atom. The van der Waals surface area contributed by atoms with Gasteiger partial charge in [0.1, 0.15) is 0 Å². The predicted octanol–water partition coefficient (Wildman–Crippen LogP) is 1.70. The van der Waals surface area contributed by atoms with Gasteiger partial charge in [0.25, 0.3) is 0 Å². The van der Waals surface area contributed by atoms with Gasteiger partial charge in [-0.1, -0.05) is 0 Å². The molecule has 57 valence electrons. The van der Waals surface area contributed by atoms with E-state index >= 15 is 0 Å². The molecule has 0 saturated heterocycles. The van der Waals surface area contributed by atoms with E-state index in [-0.39, 0.29) is 0 Å². The van der Waals surface area contributed by atoms with Gasteiger partial charge in [0.15, 0.2) is 0 Å². The van der Waals surface area contributed by atoms with Crippen LogP contribution in [-0.4, -0.2) is 32.7 Å². The zero-order valence-electron chi connectivity index (χ0n) is 5.50. The van der Waals surface area contributed by atoms with E-state index < -0.39 is 0 Å². The molecule has 0 atom stereocenters. The zero-order chi connectivity index (χ0) is 7.21. The Balaban J connectivity index is 0. The average molecular weight is 209 g/mol. The van der Waals surface area contributed by atoms with Crippen molar-refractivity contribution in [3.63, 3.8) is 0 Å². The first-order valence-corrected chi connectivity index (χ1v) is 4.61. The quantitative estimate of drug-likeness (QED) is 0.420. The van der Waals surface area contributed by atoms with E-state index in [1.54, 1.807) is 0 Å². The van der Waals surface area contributed by atoms with Gasteiger partial charge < -0.3 is 4.48 Å². The summed E-state index contributed by atoms with van der Waals surface area (Å²) in [5, 5.41) is 0. The predicted molar refractivity (Wildman–Crippen MR) is 35.7 cm³/mol. The average Bonchev–Trinajstić information content (AvgIpc) is 1.27. The SMILES string of the molecule is C[N+](C)(C)C.[Cl][Cu][Cl]. The summed E-state index contributed by atoms with van der Waals surface area (Å²) in [7, 11) is 17.8. The molecule has 0 aromatic heterocycles. The van der Waals surface area contributed by atoms with Crippen molar-refractivity contribution < 1.29 is 17.6 Å². The summed E-state index contributed by atoms with van der Waals surface area (Å²) in [4.78, 5) is 0. The molecule has 0 aliphatic heterocycles. The summed E-state index contributed by atoms with van der Waals surface area (Å²) in [6, 6.07) is 0. The molecule has 0 spiro atoms. The summed E-state index contributed by atoms with van der Waals surface area (Å²) in [6.07, 6.45) is 0.